The number of carbonyl (C=O) groups is 3. The van der Waals surface area contributed by atoms with Crippen LogP contribution in [0.1, 0.15) is 28.8 Å². The van der Waals surface area contributed by atoms with E-state index in [0.717, 1.165) is 18.4 Å². The van der Waals surface area contributed by atoms with E-state index in [1.54, 1.807) is 36.4 Å². The molecule has 2 aliphatic heterocycles. The molecule has 2 aliphatic rings. The summed E-state index contributed by atoms with van der Waals surface area (Å²) >= 11 is 0. The zero-order chi connectivity index (χ0) is 22.5. The standard InChI is InChI=1S/C23H25N5O4/c1-15-8-10-16(11-9-15)28-20(29)14-24-21(27-28)23(31)26-19-7-3-2-6-18(19)22(30)25-13-17-5-4-12-32-17/h2-3,6-11,17H,4-5,12-14H2,1H3,(H,24,27)(H,25,30)(H,26,31)/t17-/m0/s1. The van der Waals surface area contributed by atoms with Gasteiger partial charge in [0.1, 0.15) is 6.54 Å². The Kier molecular flexibility index (Phi) is 6.46. The first-order chi connectivity index (χ1) is 15.5. The Morgan fingerprint density at radius 2 is 1.94 bits per heavy atom. The van der Waals surface area contributed by atoms with Gasteiger partial charge in [-0.15, -0.1) is 0 Å². The number of benzene rings is 2. The first-order valence-electron chi connectivity index (χ1n) is 10.5. The number of amidine groups is 1. The summed E-state index contributed by atoms with van der Waals surface area (Å²) in [5.74, 6) is -1.14. The molecule has 0 aromatic heterocycles. The molecule has 2 heterocycles. The molecule has 2 aromatic rings. The zero-order valence-corrected chi connectivity index (χ0v) is 17.8. The molecule has 3 amide bonds. The minimum absolute atomic E-state index is 0.0141. The molecular weight excluding hydrogens is 410 g/mol. The van der Waals surface area contributed by atoms with E-state index in [9.17, 15) is 14.4 Å². The summed E-state index contributed by atoms with van der Waals surface area (Å²) in [6.07, 6.45) is 1.93. The first-order valence-corrected chi connectivity index (χ1v) is 10.5. The second kappa shape index (κ2) is 9.61. The molecule has 0 bridgehead atoms. The highest BCUT2D eigenvalue weighted by Crippen LogP contribution is 2.18. The average Bonchev–Trinajstić information content (AvgIpc) is 3.32. The van der Waals surface area contributed by atoms with Crippen molar-refractivity contribution in [1.82, 2.24) is 10.7 Å². The molecule has 0 aliphatic carbocycles. The first kappa shape index (κ1) is 21.5. The molecule has 3 N–H and O–H groups in total. The van der Waals surface area contributed by atoms with Crippen molar-refractivity contribution in [2.45, 2.75) is 25.9 Å². The lowest BCUT2D eigenvalue weighted by Crippen LogP contribution is -2.54. The van der Waals surface area contributed by atoms with Crippen molar-refractivity contribution >= 4 is 34.9 Å². The van der Waals surface area contributed by atoms with Crippen molar-refractivity contribution in [2.24, 2.45) is 4.99 Å². The second-order valence-corrected chi connectivity index (χ2v) is 7.69. The van der Waals surface area contributed by atoms with Crippen LogP contribution in [0, 0.1) is 6.92 Å². The highest BCUT2D eigenvalue weighted by Gasteiger charge is 2.26. The molecule has 0 radical (unpaired) electrons. The van der Waals surface area contributed by atoms with E-state index in [4.69, 9.17) is 4.74 Å². The van der Waals surface area contributed by atoms with Crippen LogP contribution in [0.15, 0.2) is 53.5 Å². The van der Waals surface area contributed by atoms with Crippen LogP contribution in [-0.4, -0.2) is 49.4 Å². The van der Waals surface area contributed by atoms with Gasteiger partial charge < -0.3 is 15.4 Å². The fraction of sp³-hybridized carbons (Fsp3) is 0.304. The number of aryl methyl sites for hydroxylation is 1. The van der Waals surface area contributed by atoms with Crippen LogP contribution in [0.5, 0.6) is 0 Å². The molecule has 32 heavy (non-hydrogen) atoms. The van der Waals surface area contributed by atoms with Crippen molar-refractivity contribution in [3.05, 3.63) is 59.7 Å². The lowest BCUT2D eigenvalue weighted by molar-refractivity contribution is -0.118. The van der Waals surface area contributed by atoms with Gasteiger partial charge >= 0.3 is 0 Å². The molecule has 0 unspecified atom stereocenters. The number of aliphatic imine (C=N–C) groups is 1. The summed E-state index contributed by atoms with van der Waals surface area (Å²) in [7, 11) is 0. The third-order valence-electron chi connectivity index (χ3n) is 5.28. The minimum Gasteiger partial charge on any atom is -0.376 e. The molecule has 166 valence electrons. The Morgan fingerprint density at radius 1 is 1.16 bits per heavy atom. The van der Waals surface area contributed by atoms with Gasteiger partial charge in [0.2, 0.25) is 5.84 Å². The van der Waals surface area contributed by atoms with Gasteiger partial charge in [0.05, 0.1) is 23.0 Å². The Hall–Kier alpha value is -3.72. The maximum Gasteiger partial charge on any atom is 0.292 e. The number of nitrogens with zero attached hydrogens (tertiary/aromatic N) is 2. The second-order valence-electron chi connectivity index (χ2n) is 7.69. The number of nitrogens with one attached hydrogen (secondary N) is 3. The van der Waals surface area contributed by atoms with Gasteiger partial charge in [-0.1, -0.05) is 29.8 Å². The number of hydrazine groups is 1. The van der Waals surface area contributed by atoms with E-state index >= 15 is 0 Å². The van der Waals surface area contributed by atoms with Gasteiger partial charge in [-0.2, -0.15) is 0 Å². The van der Waals surface area contributed by atoms with Crippen molar-refractivity contribution in [3.8, 4) is 0 Å². The number of ether oxygens (including phenoxy) is 1. The average molecular weight is 435 g/mol. The fourth-order valence-corrected chi connectivity index (χ4v) is 3.52. The smallest absolute Gasteiger partial charge is 0.292 e. The molecular formula is C23H25N5O4. The lowest BCUT2D eigenvalue weighted by Gasteiger charge is -2.27. The molecule has 1 saturated heterocycles. The van der Waals surface area contributed by atoms with E-state index in [-0.39, 0.29) is 30.3 Å². The summed E-state index contributed by atoms with van der Waals surface area (Å²) in [5.41, 5.74) is 5.12. The van der Waals surface area contributed by atoms with Gasteiger partial charge in [0.25, 0.3) is 17.7 Å². The van der Waals surface area contributed by atoms with Crippen LogP contribution >= 0.6 is 0 Å². The Bertz CT molecular complexity index is 1040. The van der Waals surface area contributed by atoms with Crippen LogP contribution < -0.4 is 21.1 Å². The number of rotatable bonds is 6. The minimum atomic E-state index is -0.547. The monoisotopic (exact) mass is 435 g/mol. The van der Waals surface area contributed by atoms with Crippen LogP contribution in [-0.2, 0) is 14.3 Å². The summed E-state index contributed by atoms with van der Waals surface area (Å²) in [4.78, 5) is 41.9. The van der Waals surface area contributed by atoms with Crippen LogP contribution in [0.4, 0.5) is 11.4 Å². The number of para-hydroxylation sites is 1. The summed E-state index contributed by atoms with van der Waals surface area (Å²) < 4.78 is 5.53. The molecule has 1 atom stereocenters. The summed E-state index contributed by atoms with van der Waals surface area (Å²) in [5, 5.41) is 6.87. The van der Waals surface area contributed by atoms with E-state index in [0.29, 0.717) is 30.1 Å². The van der Waals surface area contributed by atoms with E-state index < -0.39 is 5.91 Å². The third-order valence-corrected chi connectivity index (χ3v) is 5.28. The zero-order valence-electron chi connectivity index (χ0n) is 17.8. The van der Waals surface area contributed by atoms with Crippen molar-refractivity contribution in [1.29, 1.82) is 0 Å². The normalized spacial score (nSPS) is 18.0. The number of amides is 3. The number of carbonyl (C=O) groups excluding carboxylic acids is 3. The van der Waals surface area contributed by atoms with Gasteiger partial charge in [-0.3, -0.25) is 24.8 Å². The quantitative estimate of drug-likeness (QED) is 0.641. The molecule has 2 aromatic carbocycles. The van der Waals surface area contributed by atoms with Crippen molar-refractivity contribution in [3.63, 3.8) is 0 Å². The Morgan fingerprint density at radius 3 is 2.69 bits per heavy atom. The third kappa shape index (κ3) is 4.94. The van der Waals surface area contributed by atoms with Crippen LogP contribution in [0.3, 0.4) is 0 Å². The Balaban J connectivity index is 1.43. The van der Waals surface area contributed by atoms with Crippen LogP contribution in [0.25, 0.3) is 0 Å². The van der Waals surface area contributed by atoms with E-state index in [1.807, 2.05) is 19.1 Å². The Labute approximate surface area is 185 Å². The van der Waals surface area contributed by atoms with Gasteiger partial charge in [-0.05, 0) is 44.0 Å². The van der Waals surface area contributed by atoms with Crippen molar-refractivity contribution < 1.29 is 19.1 Å². The van der Waals surface area contributed by atoms with E-state index in [2.05, 4.69) is 21.1 Å². The SMILES string of the molecule is Cc1ccc(N2NC(C(=O)Nc3ccccc3C(=O)NC[C@@H]3CCCO3)=NCC2=O)cc1. The maximum atomic E-state index is 12.9. The van der Waals surface area contributed by atoms with E-state index in [1.165, 1.54) is 5.01 Å². The number of hydrogen-bond acceptors (Lipinski definition) is 6. The highest BCUT2D eigenvalue weighted by atomic mass is 16.5. The largest absolute Gasteiger partial charge is 0.376 e. The molecule has 4 rings (SSSR count). The summed E-state index contributed by atoms with van der Waals surface area (Å²) in [6, 6.07) is 14.1. The topological polar surface area (TPSA) is 112 Å². The number of hydrogen-bond donors (Lipinski definition) is 3. The number of anilines is 2. The van der Waals surface area contributed by atoms with Gasteiger partial charge in [0.15, 0.2) is 0 Å². The highest BCUT2D eigenvalue weighted by molar-refractivity contribution is 6.43. The van der Waals surface area contributed by atoms with Gasteiger partial charge in [0, 0.05) is 13.2 Å². The molecule has 0 saturated carbocycles. The fourth-order valence-electron chi connectivity index (χ4n) is 3.52. The molecule has 0 spiro atoms. The van der Waals surface area contributed by atoms with Gasteiger partial charge in [-0.25, -0.2) is 5.01 Å². The van der Waals surface area contributed by atoms with Crippen molar-refractivity contribution in [2.75, 3.05) is 30.0 Å². The molecule has 9 nitrogen and oxygen atoms in total. The predicted molar refractivity (Wildman–Crippen MR) is 120 cm³/mol. The molecule has 1 fully saturated rings. The summed E-state index contributed by atoms with van der Waals surface area (Å²) in [6.45, 7) is 2.92. The molecule has 9 heteroatoms. The lowest BCUT2D eigenvalue weighted by atomic mass is 10.1. The van der Waals surface area contributed by atoms with Crippen LogP contribution in [0.2, 0.25) is 0 Å². The maximum absolute atomic E-state index is 12.9. The predicted octanol–water partition coefficient (Wildman–Crippen LogP) is 1.79.